The number of thiazole rings is 1. The van der Waals surface area contributed by atoms with Crippen molar-refractivity contribution >= 4 is 11.3 Å². The van der Waals surface area contributed by atoms with Crippen LogP contribution in [-0.2, 0) is 12.0 Å². The molecule has 1 N–H and O–H groups in total. The second kappa shape index (κ2) is 5.68. The summed E-state index contributed by atoms with van der Waals surface area (Å²) in [5.74, 6) is 0. The Balaban J connectivity index is 1.88. The van der Waals surface area contributed by atoms with Gasteiger partial charge in [0.1, 0.15) is 0 Å². The summed E-state index contributed by atoms with van der Waals surface area (Å²) in [5.41, 5.74) is -0.756. The number of piperidine rings is 1. The smallest absolute Gasteiger partial charge is 0.0948 e. The van der Waals surface area contributed by atoms with Crippen molar-refractivity contribution in [2.24, 2.45) is 0 Å². The maximum absolute atomic E-state index is 9.92. The Kier molecular flexibility index (Phi) is 4.41. The molecule has 1 fully saturated rings. The van der Waals surface area contributed by atoms with Crippen molar-refractivity contribution in [3.8, 4) is 0 Å². The fourth-order valence-electron chi connectivity index (χ4n) is 2.44. The van der Waals surface area contributed by atoms with E-state index in [1.807, 2.05) is 20.0 Å². The lowest BCUT2D eigenvalue weighted by molar-refractivity contribution is 0.0823. The first-order valence-corrected chi connectivity index (χ1v) is 7.70. The molecule has 0 amide bonds. The normalized spacial score (nSPS) is 22.3. The highest BCUT2D eigenvalue weighted by atomic mass is 32.1. The molecule has 1 saturated heterocycles. The quantitative estimate of drug-likeness (QED) is 0.912. The lowest BCUT2D eigenvalue weighted by Gasteiger charge is -2.33. The number of likely N-dealkylation sites (tertiary alicyclic amines) is 1. The average Bonchev–Trinajstić information content (AvgIpc) is 2.76. The van der Waals surface area contributed by atoms with E-state index in [0.29, 0.717) is 6.04 Å². The zero-order chi connectivity index (χ0) is 13.2. The van der Waals surface area contributed by atoms with Gasteiger partial charge in [-0.1, -0.05) is 6.42 Å². The van der Waals surface area contributed by atoms with Crippen molar-refractivity contribution in [1.82, 2.24) is 9.88 Å². The van der Waals surface area contributed by atoms with Crippen LogP contribution in [-0.4, -0.2) is 34.1 Å². The lowest BCUT2D eigenvalue weighted by atomic mass is 10.0. The highest BCUT2D eigenvalue weighted by Gasteiger charge is 2.21. The minimum Gasteiger partial charge on any atom is -0.385 e. The zero-order valence-electron chi connectivity index (χ0n) is 11.6. The van der Waals surface area contributed by atoms with Gasteiger partial charge in [0.2, 0.25) is 0 Å². The lowest BCUT2D eigenvalue weighted by Crippen LogP contribution is -2.38. The number of aliphatic hydroxyl groups is 1. The molecule has 0 radical (unpaired) electrons. The van der Waals surface area contributed by atoms with Gasteiger partial charge in [0, 0.05) is 25.2 Å². The van der Waals surface area contributed by atoms with Gasteiger partial charge in [-0.3, -0.25) is 0 Å². The van der Waals surface area contributed by atoms with E-state index in [-0.39, 0.29) is 0 Å². The van der Waals surface area contributed by atoms with E-state index in [1.165, 1.54) is 25.8 Å². The van der Waals surface area contributed by atoms with Crippen LogP contribution in [0.15, 0.2) is 6.20 Å². The molecular formula is C14H24N2OS. The molecule has 0 saturated carbocycles. The summed E-state index contributed by atoms with van der Waals surface area (Å²) in [6.45, 7) is 8.28. The van der Waals surface area contributed by atoms with Crippen molar-refractivity contribution in [3.63, 3.8) is 0 Å². The molecule has 1 atom stereocenters. The first-order valence-electron chi connectivity index (χ1n) is 6.88. The Morgan fingerprint density at radius 3 is 2.89 bits per heavy atom. The second-order valence-corrected chi connectivity index (χ2v) is 6.92. The van der Waals surface area contributed by atoms with Crippen molar-refractivity contribution < 1.29 is 5.11 Å². The van der Waals surface area contributed by atoms with Crippen LogP contribution in [0.4, 0.5) is 0 Å². The van der Waals surface area contributed by atoms with Gasteiger partial charge < -0.3 is 10.0 Å². The average molecular weight is 268 g/mol. The van der Waals surface area contributed by atoms with Crippen LogP contribution in [0.25, 0.3) is 0 Å². The van der Waals surface area contributed by atoms with E-state index < -0.39 is 5.60 Å². The monoisotopic (exact) mass is 268 g/mol. The minimum atomic E-state index is -0.756. The number of hydrogen-bond donors (Lipinski definition) is 1. The number of aromatic nitrogens is 1. The molecule has 2 heterocycles. The predicted molar refractivity (Wildman–Crippen MR) is 75.9 cm³/mol. The van der Waals surface area contributed by atoms with Gasteiger partial charge in [-0.05, 0) is 40.2 Å². The summed E-state index contributed by atoms with van der Waals surface area (Å²) < 4.78 is 0. The molecule has 3 nitrogen and oxygen atoms in total. The number of hydrogen-bond acceptors (Lipinski definition) is 4. The second-order valence-electron chi connectivity index (χ2n) is 5.81. The molecule has 18 heavy (non-hydrogen) atoms. The van der Waals surface area contributed by atoms with E-state index in [4.69, 9.17) is 0 Å². The molecular weight excluding hydrogens is 244 g/mol. The maximum Gasteiger partial charge on any atom is 0.0948 e. The fraction of sp³-hybridized carbons (Fsp3) is 0.786. The molecule has 1 unspecified atom stereocenters. The molecule has 1 aromatic rings. The number of rotatable bonds is 4. The van der Waals surface area contributed by atoms with Crippen LogP contribution in [0.3, 0.4) is 0 Å². The summed E-state index contributed by atoms with van der Waals surface area (Å²) in [7, 11) is 0. The third kappa shape index (κ3) is 3.53. The third-order valence-corrected chi connectivity index (χ3v) is 5.08. The van der Waals surface area contributed by atoms with Gasteiger partial charge >= 0.3 is 0 Å². The molecule has 102 valence electrons. The van der Waals surface area contributed by atoms with Crippen LogP contribution in [0, 0.1) is 0 Å². The standard InChI is InChI=1S/C14H24N2OS/c1-11-6-4-5-8-16(11)9-7-13-15-10-12(18-13)14(2,3)17/h10-11,17H,4-9H2,1-3H3. The number of nitrogens with zero attached hydrogens (tertiary/aromatic N) is 2. The Morgan fingerprint density at radius 1 is 1.50 bits per heavy atom. The molecule has 4 heteroatoms. The van der Waals surface area contributed by atoms with Crippen LogP contribution in [0.1, 0.15) is 49.9 Å². The maximum atomic E-state index is 9.92. The van der Waals surface area contributed by atoms with Crippen LogP contribution in [0.2, 0.25) is 0 Å². The van der Waals surface area contributed by atoms with Crippen LogP contribution in [0.5, 0.6) is 0 Å². The molecule has 0 aromatic carbocycles. The Hall–Kier alpha value is -0.450. The van der Waals surface area contributed by atoms with Gasteiger partial charge in [-0.25, -0.2) is 4.98 Å². The Bertz CT molecular complexity index is 383. The molecule has 0 spiro atoms. The molecule has 0 bridgehead atoms. The molecule has 2 rings (SSSR count). The van der Waals surface area contributed by atoms with Crippen molar-refractivity contribution in [3.05, 3.63) is 16.1 Å². The molecule has 1 aliphatic rings. The van der Waals surface area contributed by atoms with Crippen LogP contribution >= 0.6 is 11.3 Å². The van der Waals surface area contributed by atoms with Gasteiger partial charge in [0.05, 0.1) is 15.5 Å². The summed E-state index contributed by atoms with van der Waals surface area (Å²) in [4.78, 5) is 7.95. The Labute approximate surface area is 114 Å². The van der Waals surface area contributed by atoms with Crippen molar-refractivity contribution in [2.75, 3.05) is 13.1 Å². The molecule has 0 aliphatic carbocycles. The summed E-state index contributed by atoms with van der Waals surface area (Å²) in [5, 5.41) is 11.1. The first-order chi connectivity index (χ1) is 8.47. The summed E-state index contributed by atoms with van der Waals surface area (Å²) in [6.07, 6.45) is 6.85. The van der Waals surface area contributed by atoms with Crippen LogP contribution < -0.4 is 0 Å². The van der Waals surface area contributed by atoms with E-state index >= 15 is 0 Å². The first kappa shape index (κ1) is 14.0. The molecule has 1 aliphatic heterocycles. The third-order valence-electron chi connectivity index (χ3n) is 3.71. The zero-order valence-corrected chi connectivity index (χ0v) is 12.5. The topological polar surface area (TPSA) is 36.4 Å². The largest absolute Gasteiger partial charge is 0.385 e. The van der Waals surface area contributed by atoms with E-state index in [0.717, 1.165) is 22.9 Å². The van der Waals surface area contributed by atoms with Gasteiger partial charge in [-0.2, -0.15) is 0 Å². The van der Waals surface area contributed by atoms with Gasteiger partial charge in [0.15, 0.2) is 0 Å². The van der Waals surface area contributed by atoms with Gasteiger partial charge in [0.25, 0.3) is 0 Å². The van der Waals surface area contributed by atoms with Gasteiger partial charge in [-0.15, -0.1) is 11.3 Å². The fourth-order valence-corrected chi connectivity index (χ4v) is 3.35. The molecule has 1 aromatic heterocycles. The minimum absolute atomic E-state index is 0.715. The van der Waals surface area contributed by atoms with E-state index in [2.05, 4.69) is 16.8 Å². The Morgan fingerprint density at radius 2 is 2.28 bits per heavy atom. The summed E-state index contributed by atoms with van der Waals surface area (Å²) >= 11 is 1.64. The van der Waals surface area contributed by atoms with Crippen molar-refractivity contribution in [2.45, 2.75) is 58.1 Å². The van der Waals surface area contributed by atoms with Crippen molar-refractivity contribution in [1.29, 1.82) is 0 Å². The highest BCUT2D eigenvalue weighted by Crippen LogP contribution is 2.26. The van der Waals surface area contributed by atoms with E-state index in [1.54, 1.807) is 11.3 Å². The SMILES string of the molecule is CC1CCCCN1CCc1ncc(C(C)(C)O)s1. The van der Waals surface area contributed by atoms with E-state index in [9.17, 15) is 5.11 Å². The highest BCUT2D eigenvalue weighted by molar-refractivity contribution is 7.11. The predicted octanol–water partition coefficient (Wildman–Crippen LogP) is 2.79. The summed E-state index contributed by atoms with van der Waals surface area (Å²) in [6, 6.07) is 0.715.